The molecule has 1 aromatic heterocycles. The second-order valence-corrected chi connectivity index (χ2v) is 5.70. The number of halogens is 3. The van der Waals surface area contributed by atoms with Crippen LogP contribution in [0.5, 0.6) is 0 Å². The van der Waals surface area contributed by atoms with E-state index in [4.69, 9.17) is 21.9 Å². The van der Waals surface area contributed by atoms with E-state index in [1.54, 1.807) is 18.2 Å². The molecule has 0 aliphatic carbocycles. The molecule has 106 valence electrons. The largest absolute Gasteiger partial charge is 0.380 e. The number of nitrogens with two attached hydrogens (primary N) is 1. The van der Waals surface area contributed by atoms with Crippen molar-refractivity contribution >= 4 is 33.3 Å². The summed E-state index contributed by atoms with van der Waals surface area (Å²) in [4.78, 5) is 0. The zero-order chi connectivity index (χ0) is 15.0. The first-order valence-electron chi connectivity index (χ1n) is 6.03. The van der Waals surface area contributed by atoms with Crippen LogP contribution < -0.4 is 5.73 Å². The Kier molecular flexibility index (Phi) is 3.69. The molecule has 0 radical (unpaired) electrons. The van der Waals surface area contributed by atoms with E-state index in [9.17, 15) is 4.39 Å². The van der Waals surface area contributed by atoms with Gasteiger partial charge in [-0.2, -0.15) is 0 Å². The Labute approximate surface area is 133 Å². The van der Waals surface area contributed by atoms with Crippen molar-refractivity contribution in [3.63, 3.8) is 0 Å². The van der Waals surface area contributed by atoms with Gasteiger partial charge in [0.1, 0.15) is 5.82 Å². The van der Waals surface area contributed by atoms with Crippen LogP contribution in [0.15, 0.2) is 51.5 Å². The fourth-order valence-electron chi connectivity index (χ4n) is 2.08. The van der Waals surface area contributed by atoms with Gasteiger partial charge in [0.05, 0.1) is 5.56 Å². The lowest BCUT2D eigenvalue weighted by molar-refractivity contribution is 0.436. The topological polar surface area (TPSA) is 52.0 Å². The van der Waals surface area contributed by atoms with Crippen LogP contribution in [-0.2, 0) is 0 Å². The molecule has 1 heterocycles. The number of nitrogens with zero attached hydrogens (tertiary/aromatic N) is 1. The molecule has 0 saturated carbocycles. The van der Waals surface area contributed by atoms with E-state index in [0.29, 0.717) is 26.4 Å². The molecular weight excluding hydrogens is 359 g/mol. The highest BCUT2D eigenvalue weighted by Gasteiger charge is 2.20. The molecule has 0 saturated heterocycles. The second kappa shape index (κ2) is 5.50. The number of benzene rings is 2. The van der Waals surface area contributed by atoms with Crippen molar-refractivity contribution in [3.05, 3.63) is 57.8 Å². The predicted octanol–water partition coefficient (Wildman–Crippen LogP) is 5.15. The van der Waals surface area contributed by atoms with Gasteiger partial charge in [-0.15, -0.1) is 0 Å². The first-order valence-corrected chi connectivity index (χ1v) is 7.20. The van der Waals surface area contributed by atoms with Crippen molar-refractivity contribution in [2.45, 2.75) is 0 Å². The molecule has 2 N–H and O–H groups in total. The zero-order valence-electron chi connectivity index (χ0n) is 10.6. The van der Waals surface area contributed by atoms with E-state index in [1.807, 2.05) is 12.1 Å². The number of aromatic nitrogens is 1. The van der Waals surface area contributed by atoms with Crippen LogP contribution in [-0.4, -0.2) is 5.16 Å². The first kappa shape index (κ1) is 14.1. The Balaban J connectivity index is 2.22. The van der Waals surface area contributed by atoms with Crippen LogP contribution in [0.1, 0.15) is 0 Å². The lowest BCUT2D eigenvalue weighted by atomic mass is 10.0. The number of rotatable bonds is 2. The fourth-order valence-corrected chi connectivity index (χ4v) is 2.80. The molecule has 21 heavy (non-hydrogen) atoms. The van der Waals surface area contributed by atoms with Crippen molar-refractivity contribution in [3.8, 4) is 22.5 Å². The Hall–Kier alpha value is -1.85. The molecule has 0 aliphatic heterocycles. The SMILES string of the molecule is Nc1noc(-c2ccc(F)cc2Br)c1-c1cccc(Cl)c1. The molecule has 0 bridgehead atoms. The summed E-state index contributed by atoms with van der Waals surface area (Å²) in [5.41, 5.74) is 7.98. The van der Waals surface area contributed by atoms with Crippen molar-refractivity contribution in [2.24, 2.45) is 0 Å². The smallest absolute Gasteiger partial charge is 0.178 e. The third-order valence-corrected chi connectivity index (χ3v) is 3.90. The van der Waals surface area contributed by atoms with E-state index < -0.39 is 0 Å². The van der Waals surface area contributed by atoms with Gasteiger partial charge in [0.25, 0.3) is 0 Å². The summed E-state index contributed by atoms with van der Waals surface area (Å²) >= 11 is 9.33. The summed E-state index contributed by atoms with van der Waals surface area (Å²) in [5, 5.41) is 4.39. The van der Waals surface area contributed by atoms with Crippen LogP contribution in [0.25, 0.3) is 22.5 Å². The highest BCUT2D eigenvalue weighted by Crippen LogP contribution is 2.40. The van der Waals surface area contributed by atoms with Crippen molar-refractivity contribution in [1.29, 1.82) is 0 Å². The fraction of sp³-hybridized carbons (Fsp3) is 0. The summed E-state index contributed by atoms with van der Waals surface area (Å²) in [6.45, 7) is 0. The lowest BCUT2D eigenvalue weighted by Crippen LogP contribution is -1.89. The minimum atomic E-state index is -0.345. The van der Waals surface area contributed by atoms with E-state index >= 15 is 0 Å². The minimum Gasteiger partial charge on any atom is -0.380 e. The van der Waals surface area contributed by atoms with Gasteiger partial charge in [0.15, 0.2) is 11.6 Å². The van der Waals surface area contributed by atoms with Crippen molar-refractivity contribution in [2.75, 3.05) is 5.73 Å². The molecule has 3 nitrogen and oxygen atoms in total. The van der Waals surface area contributed by atoms with E-state index in [2.05, 4.69) is 21.1 Å². The van der Waals surface area contributed by atoms with Crippen LogP contribution in [0.4, 0.5) is 10.2 Å². The third-order valence-electron chi connectivity index (χ3n) is 3.01. The van der Waals surface area contributed by atoms with Crippen LogP contribution >= 0.6 is 27.5 Å². The highest BCUT2D eigenvalue weighted by molar-refractivity contribution is 9.10. The summed E-state index contributed by atoms with van der Waals surface area (Å²) in [6, 6.07) is 11.5. The van der Waals surface area contributed by atoms with E-state index in [0.717, 1.165) is 5.56 Å². The van der Waals surface area contributed by atoms with Gasteiger partial charge in [-0.1, -0.05) is 28.9 Å². The van der Waals surface area contributed by atoms with Crippen molar-refractivity contribution in [1.82, 2.24) is 5.16 Å². The molecule has 3 rings (SSSR count). The predicted molar refractivity (Wildman–Crippen MR) is 84.5 cm³/mol. The maximum atomic E-state index is 13.2. The Morgan fingerprint density at radius 1 is 1.19 bits per heavy atom. The van der Waals surface area contributed by atoms with Gasteiger partial charge in [-0.05, 0) is 51.8 Å². The maximum absolute atomic E-state index is 13.2. The van der Waals surface area contributed by atoms with Crippen molar-refractivity contribution < 1.29 is 8.91 Å². The molecular formula is C15H9BrClFN2O. The molecule has 3 aromatic rings. The average Bonchev–Trinajstić information content (AvgIpc) is 2.80. The summed E-state index contributed by atoms with van der Waals surface area (Å²) in [5.74, 6) is 0.368. The molecule has 0 spiro atoms. The first-order chi connectivity index (χ1) is 10.1. The number of hydrogen-bond acceptors (Lipinski definition) is 3. The monoisotopic (exact) mass is 366 g/mol. The van der Waals surface area contributed by atoms with Crippen LogP contribution in [0.2, 0.25) is 5.02 Å². The van der Waals surface area contributed by atoms with Gasteiger partial charge >= 0.3 is 0 Å². The molecule has 0 unspecified atom stereocenters. The molecule has 0 amide bonds. The molecule has 0 atom stereocenters. The van der Waals surface area contributed by atoms with E-state index in [-0.39, 0.29) is 11.6 Å². The maximum Gasteiger partial charge on any atom is 0.178 e. The molecule has 0 fully saturated rings. The molecule has 2 aromatic carbocycles. The van der Waals surface area contributed by atoms with Gasteiger partial charge in [-0.25, -0.2) is 4.39 Å². The van der Waals surface area contributed by atoms with Gasteiger partial charge < -0.3 is 10.3 Å². The molecule has 6 heteroatoms. The molecule has 0 aliphatic rings. The number of nitrogen functional groups attached to an aromatic ring is 1. The summed E-state index contributed by atoms with van der Waals surface area (Å²) < 4.78 is 19.1. The van der Waals surface area contributed by atoms with Crippen LogP contribution in [0, 0.1) is 5.82 Å². The average molecular weight is 368 g/mol. The quantitative estimate of drug-likeness (QED) is 0.682. The Bertz CT molecular complexity index is 819. The van der Waals surface area contributed by atoms with Gasteiger partial charge in [0.2, 0.25) is 0 Å². The third kappa shape index (κ3) is 2.66. The Morgan fingerprint density at radius 3 is 2.71 bits per heavy atom. The second-order valence-electron chi connectivity index (χ2n) is 4.41. The zero-order valence-corrected chi connectivity index (χ0v) is 13.0. The van der Waals surface area contributed by atoms with Gasteiger partial charge in [-0.3, -0.25) is 0 Å². The number of anilines is 1. The van der Waals surface area contributed by atoms with Gasteiger partial charge in [0, 0.05) is 15.1 Å². The number of hydrogen-bond donors (Lipinski definition) is 1. The highest BCUT2D eigenvalue weighted by atomic mass is 79.9. The summed E-state index contributed by atoms with van der Waals surface area (Å²) in [7, 11) is 0. The summed E-state index contributed by atoms with van der Waals surface area (Å²) in [6.07, 6.45) is 0. The Morgan fingerprint density at radius 2 is 2.00 bits per heavy atom. The normalized spacial score (nSPS) is 10.8. The minimum absolute atomic E-state index is 0.253. The van der Waals surface area contributed by atoms with E-state index in [1.165, 1.54) is 12.1 Å². The standard InChI is InChI=1S/C15H9BrClFN2O/c16-12-7-10(18)4-5-11(12)14-13(15(19)20-21-14)8-2-1-3-9(17)6-8/h1-7H,(H2,19,20). The van der Waals surface area contributed by atoms with Crippen LogP contribution in [0.3, 0.4) is 0 Å². The lowest BCUT2D eigenvalue weighted by Gasteiger charge is -2.05.